The van der Waals surface area contributed by atoms with Gasteiger partial charge >= 0.3 is 0 Å². The van der Waals surface area contributed by atoms with E-state index in [2.05, 4.69) is 36.2 Å². The van der Waals surface area contributed by atoms with Gasteiger partial charge in [-0.15, -0.1) is 0 Å². The van der Waals surface area contributed by atoms with E-state index in [0.717, 1.165) is 44.9 Å². The van der Waals surface area contributed by atoms with Crippen LogP contribution in [0.3, 0.4) is 0 Å². The standard InChI is InChI=1S/C16H28N4O/c1-12-14-9-13(10-17-7-8-21-4)5-6-15(14)19-16(18-12)11-20(2)3/h13,17H,5-11H2,1-4H3. The summed E-state index contributed by atoms with van der Waals surface area (Å²) in [5.41, 5.74) is 3.81. The zero-order valence-electron chi connectivity index (χ0n) is 13.8. The molecule has 1 N–H and O–H groups in total. The van der Waals surface area contributed by atoms with Crippen LogP contribution < -0.4 is 5.32 Å². The molecule has 1 aromatic rings. The number of rotatable bonds is 7. The van der Waals surface area contributed by atoms with Crippen LogP contribution in [0.2, 0.25) is 0 Å². The lowest BCUT2D eigenvalue weighted by Gasteiger charge is -2.26. The van der Waals surface area contributed by atoms with Gasteiger partial charge in [-0.05, 0) is 58.3 Å². The Morgan fingerprint density at radius 2 is 2.14 bits per heavy atom. The Hall–Kier alpha value is -1.04. The lowest BCUT2D eigenvalue weighted by molar-refractivity contribution is 0.197. The summed E-state index contributed by atoms with van der Waals surface area (Å²) < 4.78 is 5.06. The number of aromatic nitrogens is 2. The number of methoxy groups -OCH3 is 1. The first kappa shape index (κ1) is 16.3. The number of hydrogen-bond donors (Lipinski definition) is 1. The third-order valence-corrected chi connectivity index (χ3v) is 4.00. The molecule has 1 aliphatic carbocycles. The zero-order valence-corrected chi connectivity index (χ0v) is 13.8. The van der Waals surface area contributed by atoms with Crippen molar-refractivity contribution in [2.75, 3.05) is 40.9 Å². The van der Waals surface area contributed by atoms with E-state index >= 15 is 0 Å². The average molecular weight is 292 g/mol. The first-order valence-electron chi connectivity index (χ1n) is 7.79. The molecule has 1 unspecified atom stereocenters. The molecule has 0 saturated heterocycles. The minimum absolute atomic E-state index is 0.691. The Balaban J connectivity index is 1.97. The molecule has 5 nitrogen and oxygen atoms in total. The molecule has 1 aliphatic rings. The summed E-state index contributed by atoms with van der Waals surface area (Å²) >= 11 is 0. The topological polar surface area (TPSA) is 50.3 Å². The number of hydrogen-bond acceptors (Lipinski definition) is 5. The van der Waals surface area contributed by atoms with Crippen molar-refractivity contribution in [1.29, 1.82) is 0 Å². The lowest BCUT2D eigenvalue weighted by Crippen LogP contribution is -2.30. The smallest absolute Gasteiger partial charge is 0.142 e. The van der Waals surface area contributed by atoms with Gasteiger partial charge in [0, 0.05) is 25.0 Å². The maximum absolute atomic E-state index is 5.06. The summed E-state index contributed by atoms with van der Waals surface area (Å²) in [4.78, 5) is 11.6. The molecule has 1 atom stereocenters. The molecule has 0 aliphatic heterocycles. The molecule has 0 bridgehead atoms. The predicted octanol–water partition coefficient (Wildman–Crippen LogP) is 1.19. The van der Waals surface area contributed by atoms with E-state index < -0.39 is 0 Å². The van der Waals surface area contributed by atoms with Crippen LogP contribution in [0, 0.1) is 12.8 Å². The number of aryl methyl sites for hydroxylation is 2. The Bertz CT molecular complexity index is 462. The van der Waals surface area contributed by atoms with Crippen LogP contribution in [0.1, 0.15) is 29.2 Å². The molecule has 0 amide bonds. The van der Waals surface area contributed by atoms with Crippen molar-refractivity contribution >= 4 is 0 Å². The Morgan fingerprint density at radius 3 is 2.86 bits per heavy atom. The van der Waals surface area contributed by atoms with E-state index in [1.807, 2.05) is 0 Å². The monoisotopic (exact) mass is 292 g/mol. The van der Waals surface area contributed by atoms with E-state index in [0.29, 0.717) is 5.92 Å². The van der Waals surface area contributed by atoms with E-state index in [1.54, 1.807) is 7.11 Å². The Labute approximate surface area is 128 Å². The number of ether oxygens (including phenoxy) is 1. The molecular formula is C16H28N4O. The van der Waals surface area contributed by atoms with Gasteiger partial charge in [0.1, 0.15) is 5.82 Å². The van der Waals surface area contributed by atoms with E-state index in [9.17, 15) is 0 Å². The van der Waals surface area contributed by atoms with Crippen molar-refractivity contribution in [2.45, 2.75) is 32.7 Å². The van der Waals surface area contributed by atoms with Crippen molar-refractivity contribution in [3.8, 4) is 0 Å². The fourth-order valence-corrected chi connectivity index (χ4v) is 2.93. The van der Waals surface area contributed by atoms with E-state index in [1.165, 1.54) is 23.4 Å². The zero-order chi connectivity index (χ0) is 15.2. The normalized spacial score (nSPS) is 18.0. The first-order valence-corrected chi connectivity index (χ1v) is 7.79. The van der Waals surface area contributed by atoms with Crippen LogP contribution in [0.5, 0.6) is 0 Å². The van der Waals surface area contributed by atoms with Gasteiger partial charge in [-0.1, -0.05) is 0 Å². The van der Waals surface area contributed by atoms with Gasteiger partial charge in [0.25, 0.3) is 0 Å². The largest absolute Gasteiger partial charge is 0.383 e. The van der Waals surface area contributed by atoms with Gasteiger partial charge in [0.2, 0.25) is 0 Å². The third-order valence-electron chi connectivity index (χ3n) is 4.00. The third kappa shape index (κ3) is 4.73. The highest BCUT2D eigenvalue weighted by Gasteiger charge is 2.22. The van der Waals surface area contributed by atoms with Gasteiger partial charge in [-0.25, -0.2) is 9.97 Å². The summed E-state index contributed by atoms with van der Waals surface area (Å²) in [5, 5.41) is 3.47. The van der Waals surface area contributed by atoms with Crippen LogP contribution >= 0.6 is 0 Å². The summed E-state index contributed by atoms with van der Waals surface area (Å²) in [7, 11) is 5.85. The van der Waals surface area contributed by atoms with Crippen molar-refractivity contribution in [2.24, 2.45) is 5.92 Å². The molecule has 1 aromatic heterocycles. The van der Waals surface area contributed by atoms with Crippen LogP contribution in [0.25, 0.3) is 0 Å². The highest BCUT2D eigenvalue weighted by molar-refractivity contribution is 5.28. The molecule has 0 radical (unpaired) electrons. The molecule has 0 saturated carbocycles. The highest BCUT2D eigenvalue weighted by atomic mass is 16.5. The van der Waals surface area contributed by atoms with Crippen molar-refractivity contribution in [3.05, 3.63) is 22.8 Å². The molecule has 1 heterocycles. The molecule has 21 heavy (non-hydrogen) atoms. The van der Waals surface area contributed by atoms with Crippen molar-refractivity contribution in [3.63, 3.8) is 0 Å². The van der Waals surface area contributed by atoms with Gasteiger partial charge < -0.3 is 15.0 Å². The number of nitrogens with zero attached hydrogens (tertiary/aromatic N) is 3. The highest BCUT2D eigenvalue weighted by Crippen LogP contribution is 2.26. The summed E-state index contributed by atoms with van der Waals surface area (Å²) in [5.74, 6) is 1.64. The SMILES string of the molecule is COCCNCC1CCc2nc(CN(C)C)nc(C)c2C1. The maximum atomic E-state index is 5.06. The molecule has 118 valence electrons. The number of nitrogens with one attached hydrogen (secondary N) is 1. The minimum atomic E-state index is 0.691. The summed E-state index contributed by atoms with van der Waals surface area (Å²) in [6.45, 7) is 5.70. The van der Waals surface area contributed by atoms with E-state index in [-0.39, 0.29) is 0 Å². The van der Waals surface area contributed by atoms with Crippen LogP contribution in [-0.4, -0.2) is 55.8 Å². The average Bonchev–Trinajstić information content (AvgIpc) is 2.43. The lowest BCUT2D eigenvalue weighted by atomic mass is 9.85. The van der Waals surface area contributed by atoms with Crippen LogP contribution in [-0.2, 0) is 24.1 Å². The second-order valence-electron chi connectivity index (χ2n) is 6.19. The Morgan fingerprint density at radius 1 is 1.33 bits per heavy atom. The second kappa shape index (κ2) is 7.82. The molecule has 2 rings (SSSR count). The van der Waals surface area contributed by atoms with Gasteiger partial charge in [-0.3, -0.25) is 0 Å². The second-order valence-corrected chi connectivity index (χ2v) is 6.19. The van der Waals surface area contributed by atoms with Crippen molar-refractivity contribution < 1.29 is 4.74 Å². The van der Waals surface area contributed by atoms with Crippen LogP contribution in [0.4, 0.5) is 0 Å². The summed E-state index contributed by atoms with van der Waals surface area (Å²) in [6.07, 6.45) is 3.39. The van der Waals surface area contributed by atoms with Gasteiger partial charge in [0.15, 0.2) is 0 Å². The fraction of sp³-hybridized carbons (Fsp3) is 0.750. The Kier molecular flexibility index (Phi) is 6.08. The molecule has 0 spiro atoms. The minimum Gasteiger partial charge on any atom is -0.383 e. The predicted molar refractivity (Wildman–Crippen MR) is 84.4 cm³/mol. The van der Waals surface area contributed by atoms with Crippen molar-refractivity contribution in [1.82, 2.24) is 20.2 Å². The molecule has 0 aromatic carbocycles. The fourth-order valence-electron chi connectivity index (χ4n) is 2.93. The first-order chi connectivity index (χ1) is 10.1. The quantitative estimate of drug-likeness (QED) is 0.765. The van der Waals surface area contributed by atoms with E-state index in [4.69, 9.17) is 9.72 Å². The molecule has 0 fully saturated rings. The molecular weight excluding hydrogens is 264 g/mol. The van der Waals surface area contributed by atoms with Gasteiger partial charge in [0.05, 0.1) is 13.2 Å². The summed E-state index contributed by atoms with van der Waals surface area (Å²) in [6, 6.07) is 0. The number of fused-ring (bicyclic) bond motifs is 1. The van der Waals surface area contributed by atoms with Gasteiger partial charge in [-0.2, -0.15) is 0 Å². The molecule has 5 heteroatoms. The maximum Gasteiger partial charge on any atom is 0.142 e. The van der Waals surface area contributed by atoms with Crippen LogP contribution in [0.15, 0.2) is 0 Å².